The van der Waals surface area contributed by atoms with E-state index in [1.54, 1.807) is 0 Å². The summed E-state index contributed by atoms with van der Waals surface area (Å²) >= 11 is 3.49. The predicted molar refractivity (Wildman–Crippen MR) is 83.4 cm³/mol. The van der Waals surface area contributed by atoms with E-state index in [-0.39, 0.29) is 0 Å². The van der Waals surface area contributed by atoms with Crippen LogP contribution in [0.25, 0.3) is 0 Å². The molecule has 2 aromatic rings. The van der Waals surface area contributed by atoms with E-state index in [4.69, 9.17) is 0 Å². The van der Waals surface area contributed by atoms with Crippen LogP contribution in [0.4, 0.5) is 0 Å². The van der Waals surface area contributed by atoms with Crippen molar-refractivity contribution in [3.63, 3.8) is 0 Å². The lowest BCUT2D eigenvalue weighted by atomic mass is 9.93. The van der Waals surface area contributed by atoms with Crippen molar-refractivity contribution in [1.82, 2.24) is 9.88 Å². The maximum absolute atomic E-state index is 4.44. The number of nitrogens with zero attached hydrogens (tertiary/aromatic N) is 2. The van der Waals surface area contributed by atoms with Gasteiger partial charge in [-0.25, -0.2) is 0 Å². The Kier molecular flexibility index (Phi) is 5.11. The van der Waals surface area contributed by atoms with Gasteiger partial charge in [-0.05, 0) is 50.3 Å². The number of hydrogen-bond acceptors (Lipinski definition) is 2. The van der Waals surface area contributed by atoms with Crippen molar-refractivity contribution in [3.05, 3.63) is 64.4 Å². The van der Waals surface area contributed by atoms with Gasteiger partial charge < -0.3 is 4.90 Å². The first-order valence-electron chi connectivity index (χ1n) is 6.45. The summed E-state index contributed by atoms with van der Waals surface area (Å²) in [7, 11) is 4.23. The van der Waals surface area contributed by atoms with Crippen molar-refractivity contribution in [1.29, 1.82) is 0 Å². The molecule has 1 heterocycles. The average molecular weight is 319 g/mol. The van der Waals surface area contributed by atoms with E-state index in [9.17, 15) is 0 Å². The van der Waals surface area contributed by atoms with E-state index in [1.165, 1.54) is 5.56 Å². The highest BCUT2D eigenvalue weighted by Crippen LogP contribution is 2.22. The van der Waals surface area contributed by atoms with Crippen LogP contribution in [0.15, 0.2) is 53.1 Å². The van der Waals surface area contributed by atoms with Crippen molar-refractivity contribution in [2.75, 3.05) is 20.6 Å². The number of likely N-dealkylation sites (N-methyl/N-ethyl adjacent to an activating group) is 1. The van der Waals surface area contributed by atoms with Gasteiger partial charge in [0, 0.05) is 28.8 Å². The van der Waals surface area contributed by atoms with Gasteiger partial charge in [0.1, 0.15) is 0 Å². The van der Waals surface area contributed by atoms with Crippen LogP contribution < -0.4 is 0 Å². The van der Waals surface area contributed by atoms with Gasteiger partial charge in [-0.2, -0.15) is 0 Å². The fourth-order valence-electron chi connectivity index (χ4n) is 2.23. The van der Waals surface area contributed by atoms with Crippen LogP contribution in [0.2, 0.25) is 0 Å². The molecule has 0 spiro atoms. The van der Waals surface area contributed by atoms with Crippen LogP contribution in [0.3, 0.4) is 0 Å². The minimum Gasteiger partial charge on any atom is -0.309 e. The Balaban J connectivity index is 2.18. The molecule has 0 aliphatic rings. The number of rotatable bonds is 5. The Morgan fingerprint density at radius 3 is 2.42 bits per heavy atom. The van der Waals surface area contributed by atoms with E-state index in [0.717, 1.165) is 23.1 Å². The van der Waals surface area contributed by atoms with Crippen LogP contribution in [-0.4, -0.2) is 30.5 Å². The summed E-state index contributed by atoms with van der Waals surface area (Å²) in [5.41, 5.74) is 2.51. The Morgan fingerprint density at radius 2 is 1.84 bits per heavy atom. The second kappa shape index (κ2) is 6.83. The molecule has 100 valence electrons. The van der Waals surface area contributed by atoms with Crippen molar-refractivity contribution in [2.24, 2.45) is 0 Å². The van der Waals surface area contributed by atoms with Gasteiger partial charge in [0.25, 0.3) is 0 Å². The van der Waals surface area contributed by atoms with Gasteiger partial charge in [0.15, 0.2) is 0 Å². The zero-order valence-corrected chi connectivity index (χ0v) is 13.0. The van der Waals surface area contributed by atoms with Crippen molar-refractivity contribution < 1.29 is 0 Å². The number of hydrogen-bond donors (Lipinski definition) is 0. The summed E-state index contributed by atoms with van der Waals surface area (Å²) in [6, 6.07) is 14.7. The highest BCUT2D eigenvalue weighted by atomic mass is 79.9. The monoisotopic (exact) mass is 318 g/mol. The molecule has 0 radical (unpaired) electrons. The van der Waals surface area contributed by atoms with Crippen LogP contribution >= 0.6 is 15.9 Å². The van der Waals surface area contributed by atoms with Gasteiger partial charge in [0.05, 0.1) is 0 Å². The second-order valence-electron chi connectivity index (χ2n) is 5.04. The van der Waals surface area contributed by atoms with Crippen LogP contribution in [-0.2, 0) is 6.42 Å². The van der Waals surface area contributed by atoms with Crippen LogP contribution in [0.1, 0.15) is 17.2 Å². The van der Waals surface area contributed by atoms with E-state index in [1.807, 2.05) is 12.3 Å². The lowest BCUT2D eigenvalue weighted by Crippen LogP contribution is -2.22. The molecule has 2 rings (SSSR count). The van der Waals surface area contributed by atoms with E-state index >= 15 is 0 Å². The average Bonchev–Trinajstić information content (AvgIpc) is 2.39. The molecular weight excluding hydrogens is 300 g/mol. The highest BCUT2D eigenvalue weighted by molar-refractivity contribution is 9.10. The smallest absolute Gasteiger partial charge is 0.0410 e. The molecule has 1 unspecified atom stereocenters. The first-order chi connectivity index (χ1) is 9.15. The lowest BCUT2D eigenvalue weighted by molar-refractivity contribution is 0.370. The van der Waals surface area contributed by atoms with Crippen LogP contribution in [0.5, 0.6) is 0 Å². The molecule has 0 saturated carbocycles. The molecule has 0 saturated heterocycles. The van der Waals surface area contributed by atoms with Gasteiger partial charge in [-0.3, -0.25) is 4.98 Å². The highest BCUT2D eigenvalue weighted by Gasteiger charge is 2.14. The molecule has 0 fully saturated rings. The zero-order valence-electron chi connectivity index (χ0n) is 11.4. The molecule has 0 aliphatic carbocycles. The van der Waals surface area contributed by atoms with E-state index in [2.05, 4.69) is 76.3 Å². The molecule has 0 amide bonds. The van der Waals surface area contributed by atoms with Crippen molar-refractivity contribution >= 4 is 15.9 Å². The molecule has 0 bridgehead atoms. The van der Waals surface area contributed by atoms with Gasteiger partial charge in [0.2, 0.25) is 0 Å². The summed E-state index contributed by atoms with van der Waals surface area (Å²) in [6.45, 7) is 1.03. The maximum Gasteiger partial charge on any atom is 0.0410 e. The summed E-state index contributed by atoms with van der Waals surface area (Å²) in [6.07, 6.45) is 2.84. The number of halogens is 1. The first kappa shape index (κ1) is 14.2. The Bertz CT molecular complexity index is 494. The van der Waals surface area contributed by atoms with E-state index in [0.29, 0.717) is 5.92 Å². The normalized spacial score (nSPS) is 12.6. The molecule has 1 aromatic carbocycles. The Hall–Kier alpha value is -1.19. The summed E-state index contributed by atoms with van der Waals surface area (Å²) < 4.78 is 1.12. The van der Waals surface area contributed by atoms with Crippen LogP contribution in [0, 0.1) is 0 Å². The van der Waals surface area contributed by atoms with Gasteiger partial charge in [-0.15, -0.1) is 0 Å². The Labute approximate surface area is 123 Å². The topological polar surface area (TPSA) is 16.1 Å². The molecule has 2 nitrogen and oxygen atoms in total. The SMILES string of the molecule is CN(C)CC(Cc1ccccn1)c1ccc(Br)cc1. The molecule has 1 aromatic heterocycles. The number of benzene rings is 1. The van der Waals surface area contributed by atoms with Crippen molar-refractivity contribution in [3.8, 4) is 0 Å². The molecule has 1 atom stereocenters. The third-order valence-corrected chi connectivity index (χ3v) is 3.64. The minimum atomic E-state index is 0.470. The number of pyridine rings is 1. The Morgan fingerprint density at radius 1 is 1.11 bits per heavy atom. The standard InChI is InChI=1S/C16H19BrN2/c1-19(2)12-14(11-16-5-3-4-10-18-16)13-6-8-15(17)9-7-13/h3-10,14H,11-12H2,1-2H3. The van der Waals surface area contributed by atoms with Gasteiger partial charge in [-0.1, -0.05) is 34.1 Å². The van der Waals surface area contributed by atoms with Gasteiger partial charge >= 0.3 is 0 Å². The zero-order chi connectivity index (χ0) is 13.7. The quantitative estimate of drug-likeness (QED) is 0.835. The second-order valence-corrected chi connectivity index (χ2v) is 5.95. The van der Waals surface area contributed by atoms with Crippen molar-refractivity contribution in [2.45, 2.75) is 12.3 Å². The van der Waals surface area contributed by atoms with E-state index < -0.39 is 0 Å². The maximum atomic E-state index is 4.44. The minimum absolute atomic E-state index is 0.470. The predicted octanol–water partition coefficient (Wildman–Crippen LogP) is 3.73. The molecule has 19 heavy (non-hydrogen) atoms. The fraction of sp³-hybridized carbons (Fsp3) is 0.312. The molecule has 0 aliphatic heterocycles. The summed E-state index contributed by atoms with van der Waals surface area (Å²) in [4.78, 5) is 6.67. The fourth-order valence-corrected chi connectivity index (χ4v) is 2.50. The lowest BCUT2D eigenvalue weighted by Gasteiger charge is -2.21. The molecule has 0 N–H and O–H groups in total. The molecule has 3 heteroatoms. The first-order valence-corrected chi connectivity index (χ1v) is 7.24. The summed E-state index contributed by atoms with van der Waals surface area (Å²) in [5, 5.41) is 0. The summed E-state index contributed by atoms with van der Waals surface area (Å²) in [5.74, 6) is 0.470. The largest absolute Gasteiger partial charge is 0.309 e. The number of aromatic nitrogens is 1. The third kappa shape index (κ3) is 4.44. The molecular formula is C16H19BrN2. The third-order valence-electron chi connectivity index (χ3n) is 3.11.